The highest BCUT2D eigenvalue weighted by Gasteiger charge is 2.37. The first kappa shape index (κ1) is 19.1. The lowest BCUT2D eigenvalue weighted by Gasteiger charge is -2.36. The van der Waals surface area contributed by atoms with E-state index in [4.69, 9.17) is 16.3 Å². The van der Waals surface area contributed by atoms with Gasteiger partial charge >= 0.3 is 0 Å². The normalized spacial score (nSPS) is 22.7. The number of benzene rings is 2. The standard InChI is InChI=1S/C24H24ClF2NO/c25-20-13-18(5-6-21(20)27)28-22-4-2-1-3-19(22)23(17-11-15(12-17)14-26)24(28)16-7-9-29-10-8-16/h1-6,13,15-17H,7-12,14H2. The van der Waals surface area contributed by atoms with Crippen molar-refractivity contribution in [2.24, 2.45) is 5.92 Å². The Morgan fingerprint density at radius 3 is 2.52 bits per heavy atom. The number of para-hydroxylation sites is 1. The molecule has 0 bridgehead atoms. The van der Waals surface area contributed by atoms with Crippen molar-refractivity contribution in [3.63, 3.8) is 0 Å². The van der Waals surface area contributed by atoms with Gasteiger partial charge in [-0.25, -0.2) is 4.39 Å². The maximum absolute atomic E-state index is 13.9. The molecule has 1 aliphatic carbocycles. The Hall–Kier alpha value is -1.91. The molecular weight excluding hydrogens is 392 g/mol. The topological polar surface area (TPSA) is 14.2 Å². The molecular formula is C24H24ClF2NO. The lowest BCUT2D eigenvalue weighted by Crippen LogP contribution is -2.26. The molecule has 1 saturated heterocycles. The molecule has 152 valence electrons. The molecule has 2 heterocycles. The molecule has 0 unspecified atom stereocenters. The highest BCUT2D eigenvalue weighted by Crippen LogP contribution is 2.50. The molecule has 1 aromatic heterocycles. The quantitative estimate of drug-likeness (QED) is 0.458. The van der Waals surface area contributed by atoms with E-state index in [2.05, 4.69) is 22.8 Å². The van der Waals surface area contributed by atoms with Gasteiger partial charge in [0.1, 0.15) is 5.82 Å². The fraction of sp³-hybridized carbons (Fsp3) is 0.417. The van der Waals surface area contributed by atoms with Crippen molar-refractivity contribution in [2.45, 2.75) is 37.5 Å². The van der Waals surface area contributed by atoms with Crippen LogP contribution in [0, 0.1) is 11.7 Å². The van der Waals surface area contributed by atoms with E-state index < -0.39 is 5.82 Å². The largest absolute Gasteiger partial charge is 0.381 e. The fourth-order valence-corrected chi connectivity index (χ4v) is 5.26. The molecule has 0 radical (unpaired) electrons. The highest BCUT2D eigenvalue weighted by atomic mass is 35.5. The molecule has 1 saturated carbocycles. The molecule has 29 heavy (non-hydrogen) atoms. The number of rotatable bonds is 4. The zero-order valence-electron chi connectivity index (χ0n) is 16.2. The van der Waals surface area contributed by atoms with Crippen LogP contribution in [0.25, 0.3) is 16.6 Å². The molecule has 0 atom stereocenters. The average molecular weight is 416 g/mol. The van der Waals surface area contributed by atoms with Crippen LogP contribution in [0.3, 0.4) is 0 Å². The van der Waals surface area contributed by atoms with E-state index in [1.807, 2.05) is 6.07 Å². The molecule has 2 fully saturated rings. The third-order valence-electron chi connectivity index (χ3n) is 6.58. The van der Waals surface area contributed by atoms with E-state index >= 15 is 0 Å². The van der Waals surface area contributed by atoms with Gasteiger partial charge in [-0.1, -0.05) is 29.8 Å². The molecule has 2 nitrogen and oxygen atoms in total. The van der Waals surface area contributed by atoms with Crippen LogP contribution < -0.4 is 0 Å². The third kappa shape index (κ3) is 3.27. The first-order valence-corrected chi connectivity index (χ1v) is 10.8. The number of hydrogen-bond donors (Lipinski definition) is 0. The SMILES string of the molecule is FCC1CC(c2c(C3CCOCC3)n(-c3ccc(F)c(Cl)c3)c3ccccc23)C1. The number of hydrogen-bond acceptors (Lipinski definition) is 1. The number of alkyl halides is 1. The minimum absolute atomic E-state index is 0.126. The Bertz CT molecular complexity index is 1030. The Balaban J connectivity index is 1.75. The summed E-state index contributed by atoms with van der Waals surface area (Å²) < 4.78 is 34.9. The predicted octanol–water partition coefficient (Wildman–Crippen LogP) is 6.78. The van der Waals surface area contributed by atoms with Gasteiger partial charge in [0.25, 0.3) is 0 Å². The second kappa shape index (κ2) is 7.73. The number of halogens is 3. The van der Waals surface area contributed by atoms with E-state index in [0.29, 0.717) is 11.8 Å². The summed E-state index contributed by atoms with van der Waals surface area (Å²) in [4.78, 5) is 0. The number of aromatic nitrogens is 1. The van der Waals surface area contributed by atoms with Crippen LogP contribution >= 0.6 is 11.6 Å². The van der Waals surface area contributed by atoms with Crippen molar-refractivity contribution in [3.8, 4) is 5.69 Å². The Kier molecular flexibility index (Phi) is 5.09. The van der Waals surface area contributed by atoms with Crippen LogP contribution in [0.1, 0.15) is 48.8 Å². The lowest BCUT2D eigenvalue weighted by atomic mass is 9.70. The van der Waals surface area contributed by atoms with Crippen molar-refractivity contribution in [1.29, 1.82) is 0 Å². The van der Waals surface area contributed by atoms with Crippen LogP contribution in [0.15, 0.2) is 42.5 Å². The molecule has 0 N–H and O–H groups in total. The maximum atomic E-state index is 13.9. The number of ether oxygens (including phenoxy) is 1. The fourth-order valence-electron chi connectivity index (χ4n) is 5.09. The van der Waals surface area contributed by atoms with Gasteiger partial charge in [0.15, 0.2) is 0 Å². The second-order valence-corrected chi connectivity index (χ2v) is 8.73. The molecule has 2 aliphatic rings. The summed E-state index contributed by atoms with van der Waals surface area (Å²) in [6, 6.07) is 13.3. The van der Waals surface area contributed by atoms with E-state index in [1.165, 1.54) is 22.7 Å². The first-order valence-electron chi connectivity index (χ1n) is 10.4. The third-order valence-corrected chi connectivity index (χ3v) is 6.87. The summed E-state index contributed by atoms with van der Waals surface area (Å²) in [5.74, 6) is 0.490. The second-order valence-electron chi connectivity index (χ2n) is 8.33. The summed E-state index contributed by atoms with van der Waals surface area (Å²) in [5, 5.41) is 1.35. The highest BCUT2D eigenvalue weighted by molar-refractivity contribution is 6.30. The van der Waals surface area contributed by atoms with E-state index in [0.717, 1.165) is 50.1 Å². The Morgan fingerprint density at radius 2 is 1.79 bits per heavy atom. The van der Waals surface area contributed by atoms with Crippen LogP contribution in [0.4, 0.5) is 8.78 Å². The van der Waals surface area contributed by atoms with E-state index in [9.17, 15) is 8.78 Å². The summed E-state index contributed by atoms with van der Waals surface area (Å²) in [5.41, 5.74) is 4.61. The lowest BCUT2D eigenvalue weighted by molar-refractivity contribution is 0.0837. The molecule has 1 aliphatic heterocycles. The van der Waals surface area contributed by atoms with Crippen LogP contribution in [0.5, 0.6) is 0 Å². The van der Waals surface area contributed by atoms with Crippen LogP contribution in [0.2, 0.25) is 5.02 Å². The van der Waals surface area contributed by atoms with Gasteiger partial charge in [-0.05, 0) is 67.3 Å². The zero-order chi connectivity index (χ0) is 20.0. The van der Waals surface area contributed by atoms with Crippen molar-refractivity contribution in [2.75, 3.05) is 19.9 Å². The van der Waals surface area contributed by atoms with E-state index in [-0.39, 0.29) is 17.6 Å². The first-order chi connectivity index (χ1) is 14.2. The maximum Gasteiger partial charge on any atom is 0.141 e. The average Bonchev–Trinajstić information content (AvgIpc) is 3.05. The molecule has 0 spiro atoms. The van der Waals surface area contributed by atoms with Crippen molar-refractivity contribution in [3.05, 3.63) is 64.6 Å². The van der Waals surface area contributed by atoms with Crippen molar-refractivity contribution < 1.29 is 13.5 Å². The van der Waals surface area contributed by atoms with Crippen LogP contribution in [-0.2, 0) is 4.74 Å². The van der Waals surface area contributed by atoms with Crippen molar-refractivity contribution >= 4 is 22.5 Å². The summed E-state index contributed by atoms with van der Waals surface area (Å²) >= 11 is 6.15. The molecule has 3 aromatic rings. The molecule has 5 heteroatoms. The zero-order valence-corrected chi connectivity index (χ0v) is 17.0. The molecule has 2 aromatic carbocycles. The van der Waals surface area contributed by atoms with Gasteiger partial charge < -0.3 is 9.30 Å². The van der Waals surface area contributed by atoms with Gasteiger partial charge in [-0.3, -0.25) is 4.39 Å². The molecule has 0 amide bonds. The molecule has 5 rings (SSSR count). The van der Waals surface area contributed by atoms with Crippen molar-refractivity contribution in [1.82, 2.24) is 4.57 Å². The van der Waals surface area contributed by atoms with Gasteiger partial charge in [0.2, 0.25) is 0 Å². The monoisotopic (exact) mass is 415 g/mol. The van der Waals surface area contributed by atoms with Gasteiger partial charge in [0, 0.05) is 35.9 Å². The summed E-state index contributed by atoms with van der Waals surface area (Å²) in [6.07, 6.45) is 3.70. The van der Waals surface area contributed by atoms with Crippen LogP contribution in [-0.4, -0.2) is 24.5 Å². The summed E-state index contributed by atoms with van der Waals surface area (Å²) in [7, 11) is 0. The minimum Gasteiger partial charge on any atom is -0.381 e. The van der Waals surface area contributed by atoms with Gasteiger partial charge in [0.05, 0.1) is 17.2 Å². The Morgan fingerprint density at radius 1 is 1.03 bits per heavy atom. The number of nitrogens with zero attached hydrogens (tertiary/aromatic N) is 1. The number of fused-ring (bicyclic) bond motifs is 1. The summed E-state index contributed by atoms with van der Waals surface area (Å²) in [6.45, 7) is 1.25. The predicted molar refractivity (Wildman–Crippen MR) is 112 cm³/mol. The smallest absolute Gasteiger partial charge is 0.141 e. The minimum atomic E-state index is -0.413. The van der Waals surface area contributed by atoms with Gasteiger partial charge in [-0.15, -0.1) is 0 Å². The Labute approximate surface area is 174 Å². The van der Waals surface area contributed by atoms with Gasteiger partial charge in [-0.2, -0.15) is 0 Å². The van der Waals surface area contributed by atoms with E-state index in [1.54, 1.807) is 12.1 Å².